The molecule has 3 rings (SSSR count). The number of nitrogens with one attached hydrogen (secondary N) is 2. The van der Waals surface area contributed by atoms with E-state index in [4.69, 9.17) is 4.74 Å². The summed E-state index contributed by atoms with van der Waals surface area (Å²) in [4.78, 5) is 38.8. The highest BCUT2D eigenvalue weighted by atomic mass is 16.5. The van der Waals surface area contributed by atoms with Gasteiger partial charge in [-0.25, -0.2) is 4.79 Å². The Bertz CT molecular complexity index is 958. The minimum atomic E-state index is -1.18. The first-order valence-corrected chi connectivity index (χ1v) is 10.5. The first-order chi connectivity index (χ1) is 14.9. The Morgan fingerprint density at radius 3 is 2.48 bits per heavy atom. The van der Waals surface area contributed by atoms with Gasteiger partial charge < -0.3 is 15.4 Å². The fraction of sp³-hybridized carbons (Fsp3) is 0.375. The lowest BCUT2D eigenvalue weighted by Gasteiger charge is -2.22. The summed E-state index contributed by atoms with van der Waals surface area (Å²) in [6.45, 7) is 3.83. The lowest BCUT2D eigenvalue weighted by atomic mass is 9.91. The summed E-state index contributed by atoms with van der Waals surface area (Å²) in [5.74, 6) is -0.0619. The van der Waals surface area contributed by atoms with Crippen LogP contribution in [0.1, 0.15) is 37.0 Å². The Morgan fingerprint density at radius 2 is 1.81 bits per heavy atom. The number of imide groups is 1. The number of hydrogen-bond acceptors (Lipinski definition) is 4. The normalized spacial score (nSPS) is 18.1. The second-order valence-corrected chi connectivity index (χ2v) is 7.81. The van der Waals surface area contributed by atoms with Gasteiger partial charge in [0.25, 0.3) is 5.91 Å². The number of carbonyl (C=O) groups excluding carboxylic acids is 3. The molecule has 1 fully saturated rings. The molecule has 0 radical (unpaired) electrons. The summed E-state index contributed by atoms with van der Waals surface area (Å²) >= 11 is 0. The van der Waals surface area contributed by atoms with Crippen molar-refractivity contribution in [3.05, 3.63) is 65.2 Å². The number of nitrogens with zero attached hydrogens (tertiary/aromatic N) is 1. The van der Waals surface area contributed by atoms with E-state index in [1.165, 1.54) is 5.56 Å². The van der Waals surface area contributed by atoms with Crippen LogP contribution in [0.15, 0.2) is 48.5 Å². The molecular formula is C24H29N3O4. The fourth-order valence-corrected chi connectivity index (χ4v) is 3.78. The summed E-state index contributed by atoms with van der Waals surface area (Å²) in [5, 5.41) is 5.51. The molecule has 0 spiro atoms. The van der Waals surface area contributed by atoms with Gasteiger partial charge in [-0.3, -0.25) is 14.5 Å². The zero-order valence-corrected chi connectivity index (χ0v) is 18.2. The van der Waals surface area contributed by atoms with Crippen LogP contribution in [0, 0.1) is 0 Å². The van der Waals surface area contributed by atoms with Gasteiger partial charge in [-0.2, -0.15) is 0 Å². The van der Waals surface area contributed by atoms with Crippen LogP contribution in [0.3, 0.4) is 0 Å². The summed E-state index contributed by atoms with van der Waals surface area (Å²) in [5.41, 5.74) is 1.67. The standard InChI is InChI=1S/C24H29N3O4/c1-4-7-17-10-12-19(13-11-17)24(2)22(29)27(23(30)26-24)16-21(28)25-15-14-18-8-5-6-9-20(18)31-3/h5-6,8-13H,4,7,14-16H2,1-3H3,(H,25,28)(H,26,30). The van der Waals surface area contributed by atoms with E-state index in [1.807, 2.05) is 48.5 Å². The Kier molecular flexibility index (Phi) is 6.95. The summed E-state index contributed by atoms with van der Waals surface area (Å²) in [6, 6.07) is 14.7. The van der Waals surface area contributed by atoms with Gasteiger partial charge in [0, 0.05) is 6.54 Å². The van der Waals surface area contributed by atoms with Gasteiger partial charge in [-0.15, -0.1) is 0 Å². The van der Waals surface area contributed by atoms with Gasteiger partial charge in [0.2, 0.25) is 5.91 Å². The largest absolute Gasteiger partial charge is 0.496 e. The number of rotatable bonds is 9. The lowest BCUT2D eigenvalue weighted by Crippen LogP contribution is -2.43. The van der Waals surface area contributed by atoms with E-state index in [-0.39, 0.29) is 12.5 Å². The maximum absolute atomic E-state index is 13.0. The van der Waals surface area contributed by atoms with E-state index in [2.05, 4.69) is 17.6 Å². The Morgan fingerprint density at radius 1 is 1.10 bits per heavy atom. The maximum Gasteiger partial charge on any atom is 0.325 e. The topological polar surface area (TPSA) is 87.7 Å². The van der Waals surface area contributed by atoms with Gasteiger partial charge in [0.15, 0.2) is 0 Å². The number of ether oxygens (including phenoxy) is 1. The molecule has 4 amide bonds. The van der Waals surface area contributed by atoms with Crippen LogP contribution in [0.25, 0.3) is 0 Å². The van der Waals surface area contributed by atoms with Crippen molar-refractivity contribution in [3.8, 4) is 5.75 Å². The molecule has 1 heterocycles. The third kappa shape index (κ3) is 4.87. The van der Waals surface area contributed by atoms with Crippen LogP contribution in [0.5, 0.6) is 5.75 Å². The molecule has 2 aromatic rings. The molecule has 1 saturated heterocycles. The van der Waals surface area contributed by atoms with Gasteiger partial charge in [-0.1, -0.05) is 55.8 Å². The highest BCUT2D eigenvalue weighted by Crippen LogP contribution is 2.29. The van der Waals surface area contributed by atoms with E-state index in [1.54, 1.807) is 14.0 Å². The predicted octanol–water partition coefficient (Wildman–Crippen LogP) is 2.77. The molecule has 0 saturated carbocycles. The molecule has 31 heavy (non-hydrogen) atoms. The van der Waals surface area contributed by atoms with Crippen molar-refractivity contribution < 1.29 is 19.1 Å². The van der Waals surface area contributed by atoms with E-state index in [9.17, 15) is 14.4 Å². The van der Waals surface area contributed by atoms with Gasteiger partial charge in [0.05, 0.1) is 7.11 Å². The molecule has 7 heteroatoms. The van der Waals surface area contributed by atoms with Crippen LogP contribution in [0.4, 0.5) is 4.79 Å². The molecule has 0 aliphatic carbocycles. The van der Waals surface area contributed by atoms with Crippen molar-refractivity contribution in [2.45, 2.75) is 38.6 Å². The van der Waals surface area contributed by atoms with Gasteiger partial charge in [-0.05, 0) is 42.5 Å². The number of urea groups is 1. The third-order valence-corrected chi connectivity index (χ3v) is 5.56. The number of benzene rings is 2. The molecule has 1 aliphatic heterocycles. The SMILES string of the molecule is CCCc1ccc(C2(C)NC(=O)N(CC(=O)NCCc3ccccc3OC)C2=O)cc1. The Labute approximate surface area is 182 Å². The minimum Gasteiger partial charge on any atom is -0.496 e. The number of hydrogen-bond donors (Lipinski definition) is 2. The molecule has 0 bridgehead atoms. The van der Waals surface area contributed by atoms with E-state index >= 15 is 0 Å². The smallest absolute Gasteiger partial charge is 0.325 e. The Hall–Kier alpha value is -3.35. The maximum atomic E-state index is 13.0. The first kappa shape index (κ1) is 22.3. The third-order valence-electron chi connectivity index (χ3n) is 5.56. The quantitative estimate of drug-likeness (QED) is 0.607. The van der Waals surface area contributed by atoms with Crippen LogP contribution in [-0.2, 0) is 28.0 Å². The second-order valence-electron chi connectivity index (χ2n) is 7.81. The van der Waals surface area contributed by atoms with Crippen molar-refractivity contribution in [2.24, 2.45) is 0 Å². The lowest BCUT2D eigenvalue weighted by molar-refractivity contribution is -0.134. The van der Waals surface area contributed by atoms with Crippen LogP contribution >= 0.6 is 0 Å². The molecular weight excluding hydrogens is 394 g/mol. The summed E-state index contributed by atoms with van der Waals surface area (Å²) in [6.07, 6.45) is 2.57. The first-order valence-electron chi connectivity index (χ1n) is 10.5. The number of methoxy groups -OCH3 is 1. The van der Waals surface area contributed by atoms with Crippen molar-refractivity contribution in [3.63, 3.8) is 0 Å². The van der Waals surface area contributed by atoms with E-state index < -0.39 is 17.5 Å². The predicted molar refractivity (Wildman–Crippen MR) is 118 cm³/mol. The highest BCUT2D eigenvalue weighted by Gasteiger charge is 2.49. The molecule has 7 nitrogen and oxygen atoms in total. The van der Waals surface area contributed by atoms with Gasteiger partial charge >= 0.3 is 6.03 Å². The van der Waals surface area contributed by atoms with Crippen molar-refractivity contribution in [2.75, 3.05) is 20.2 Å². The van der Waals surface area contributed by atoms with E-state index in [0.717, 1.165) is 29.1 Å². The summed E-state index contributed by atoms with van der Waals surface area (Å²) in [7, 11) is 1.60. The minimum absolute atomic E-state index is 0.319. The molecule has 164 valence electrons. The summed E-state index contributed by atoms with van der Waals surface area (Å²) < 4.78 is 5.31. The molecule has 2 N–H and O–H groups in total. The number of carbonyl (C=O) groups is 3. The molecule has 2 aromatic carbocycles. The monoisotopic (exact) mass is 423 g/mol. The molecule has 0 aromatic heterocycles. The van der Waals surface area contributed by atoms with Gasteiger partial charge in [0.1, 0.15) is 17.8 Å². The molecule has 1 aliphatic rings. The van der Waals surface area contributed by atoms with Crippen LogP contribution < -0.4 is 15.4 Å². The van der Waals surface area contributed by atoms with Crippen LogP contribution in [0.2, 0.25) is 0 Å². The fourth-order valence-electron chi connectivity index (χ4n) is 3.78. The van der Waals surface area contributed by atoms with Crippen molar-refractivity contribution >= 4 is 17.8 Å². The number of amides is 4. The van der Waals surface area contributed by atoms with Crippen molar-refractivity contribution in [1.29, 1.82) is 0 Å². The highest BCUT2D eigenvalue weighted by molar-refractivity contribution is 6.09. The molecule has 1 atom stereocenters. The zero-order chi connectivity index (χ0) is 22.4. The zero-order valence-electron chi connectivity index (χ0n) is 18.2. The van der Waals surface area contributed by atoms with Crippen molar-refractivity contribution in [1.82, 2.24) is 15.5 Å². The van der Waals surface area contributed by atoms with E-state index in [0.29, 0.717) is 18.5 Å². The number of para-hydroxylation sites is 1. The average molecular weight is 424 g/mol. The Balaban J connectivity index is 1.59. The molecule has 1 unspecified atom stereocenters. The second kappa shape index (κ2) is 9.64. The van der Waals surface area contributed by atoms with Crippen LogP contribution in [-0.4, -0.2) is 42.9 Å². The number of aryl methyl sites for hydroxylation is 1. The average Bonchev–Trinajstić information content (AvgIpc) is 2.98.